The first kappa shape index (κ1) is 19.7. The minimum Gasteiger partial charge on any atom is -0.480 e. The Morgan fingerprint density at radius 2 is 1.87 bits per heavy atom. The highest BCUT2D eigenvalue weighted by atomic mass is 35.5. The lowest BCUT2D eigenvalue weighted by Gasteiger charge is -2.08. The van der Waals surface area contributed by atoms with E-state index in [2.05, 4.69) is 4.99 Å². The molecule has 0 saturated heterocycles. The minimum absolute atomic E-state index is 0. The van der Waals surface area contributed by atoms with Crippen molar-refractivity contribution in [2.45, 2.75) is 18.6 Å². The fraction of sp³-hybridized carbons (Fsp3) is 0.667. The molecule has 0 bridgehead atoms. The number of hydrogen-bond donors (Lipinski definition) is 4. The number of carboxylic acids is 1. The van der Waals surface area contributed by atoms with Gasteiger partial charge in [-0.05, 0) is 0 Å². The summed E-state index contributed by atoms with van der Waals surface area (Å²) in [4.78, 5) is 13.6. The smallest absolute Gasteiger partial charge is 0.320 e. The Morgan fingerprint density at radius 3 is 2.20 bits per heavy atom. The molecule has 15 heavy (non-hydrogen) atoms. The molecule has 0 heterocycles. The molecule has 0 fully saturated rings. The van der Waals surface area contributed by atoms with Gasteiger partial charge in [-0.2, -0.15) is 0 Å². The third-order valence-corrected chi connectivity index (χ3v) is 1.30. The second-order valence-electron chi connectivity index (χ2n) is 2.54. The summed E-state index contributed by atoms with van der Waals surface area (Å²) in [7, 11) is 0. The average Bonchev–Trinajstić information content (AvgIpc) is 2.00. The van der Waals surface area contributed by atoms with Gasteiger partial charge in [-0.1, -0.05) is 0 Å². The molecular formula is C6H15Cl2FN4O2. The molecule has 0 aliphatic heterocycles. The van der Waals surface area contributed by atoms with Crippen molar-refractivity contribution >= 4 is 36.7 Å². The van der Waals surface area contributed by atoms with E-state index in [1.807, 2.05) is 0 Å². The number of halogens is 3. The maximum absolute atomic E-state index is 12.8. The van der Waals surface area contributed by atoms with Crippen molar-refractivity contribution in [3.05, 3.63) is 0 Å². The van der Waals surface area contributed by atoms with E-state index >= 15 is 0 Å². The standard InChI is InChI=1S/C6H13FN4O2.2ClH/c7-3(2-11-6(9)10)1-4(8)5(12)13;;/h3-4H,1-2,8H2,(H,12,13)(H4,9,10,11);2*1H/t3-,4+;;/m1../s1. The van der Waals surface area contributed by atoms with Gasteiger partial charge in [-0.25, -0.2) is 4.39 Å². The van der Waals surface area contributed by atoms with Crippen molar-refractivity contribution in [1.29, 1.82) is 0 Å². The molecule has 0 amide bonds. The number of alkyl halides is 1. The number of rotatable bonds is 5. The summed E-state index contributed by atoms with van der Waals surface area (Å²) >= 11 is 0. The fourth-order valence-corrected chi connectivity index (χ4v) is 0.655. The predicted octanol–water partition coefficient (Wildman–Crippen LogP) is -0.757. The van der Waals surface area contributed by atoms with E-state index in [1.165, 1.54) is 0 Å². The van der Waals surface area contributed by atoms with Gasteiger partial charge in [0.05, 0.1) is 6.54 Å². The van der Waals surface area contributed by atoms with Crippen molar-refractivity contribution in [2.75, 3.05) is 6.54 Å². The maximum atomic E-state index is 12.8. The van der Waals surface area contributed by atoms with Crippen LogP contribution in [-0.4, -0.2) is 35.8 Å². The Hall–Kier alpha value is -0.790. The molecule has 0 saturated carbocycles. The molecule has 0 aromatic carbocycles. The van der Waals surface area contributed by atoms with Crippen LogP contribution in [0.25, 0.3) is 0 Å². The first-order valence-electron chi connectivity index (χ1n) is 3.61. The molecule has 0 unspecified atom stereocenters. The average molecular weight is 265 g/mol. The number of carbonyl (C=O) groups is 1. The highest BCUT2D eigenvalue weighted by Gasteiger charge is 2.17. The second kappa shape index (κ2) is 9.75. The van der Waals surface area contributed by atoms with Gasteiger partial charge in [0, 0.05) is 6.42 Å². The van der Waals surface area contributed by atoms with Gasteiger partial charge in [-0.15, -0.1) is 24.8 Å². The molecule has 6 nitrogen and oxygen atoms in total. The fourth-order valence-electron chi connectivity index (χ4n) is 0.655. The first-order valence-corrected chi connectivity index (χ1v) is 3.61. The van der Waals surface area contributed by atoms with Crippen LogP contribution in [0.3, 0.4) is 0 Å². The van der Waals surface area contributed by atoms with Crippen molar-refractivity contribution in [3.63, 3.8) is 0 Å². The van der Waals surface area contributed by atoms with Gasteiger partial charge in [0.2, 0.25) is 0 Å². The molecule has 9 heteroatoms. The quantitative estimate of drug-likeness (QED) is 0.384. The second-order valence-corrected chi connectivity index (χ2v) is 2.54. The van der Waals surface area contributed by atoms with Crippen LogP contribution in [0.1, 0.15) is 6.42 Å². The van der Waals surface area contributed by atoms with Crippen LogP contribution in [0.2, 0.25) is 0 Å². The Balaban J connectivity index is -0.000000720. The molecular weight excluding hydrogens is 250 g/mol. The lowest BCUT2D eigenvalue weighted by molar-refractivity contribution is -0.139. The number of aliphatic carboxylic acids is 1. The Labute approximate surface area is 98.9 Å². The molecule has 92 valence electrons. The van der Waals surface area contributed by atoms with Crippen LogP contribution in [0.15, 0.2) is 4.99 Å². The van der Waals surface area contributed by atoms with Gasteiger partial charge in [-0.3, -0.25) is 9.79 Å². The number of carboxylic acid groups (broad SMARTS) is 1. The summed E-state index contributed by atoms with van der Waals surface area (Å²) in [6.07, 6.45) is -1.74. The van der Waals surface area contributed by atoms with Crippen molar-refractivity contribution < 1.29 is 14.3 Å². The van der Waals surface area contributed by atoms with E-state index in [1.54, 1.807) is 0 Å². The maximum Gasteiger partial charge on any atom is 0.320 e. The number of aliphatic imine (C=N–C) groups is 1. The van der Waals surface area contributed by atoms with Crippen molar-refractivity contribution in [2.24, 2.45) is 22.2 Å². The van der Waals surface area contributed by atoms with Crippen LogP contribution >= 0.6 is 24.8 Å². The van der Waals surface area contributed by atoms with E-state index in [9.17, 15) is 9.18 Å². The molecule has 0 aromatic heterocycles. The molecule has 0 aliphatic rings. The SMILES string of the molecule is Cl.Cl.NC(N)=NC[C@H](F)C[C@H](N)C(=O)O. The zero-order valence-electron chi connectivity index (χ0n) is 7.80. The topological polar surface area (TPSA) is 128 Å². The predicted molar refractivity (Wildman–Crippen MR) is 60.3 cm³/mol. The molecule has 0 radical (unpaired) electrons. The summed E-state index contributed by atoms with van der Waals surface area (Å²) in [5.74, 6) is -1.47. The van der Waals surface area contributed by atoms with Crippen LogP contribution in [0.5, 0.6) is 0 Å². The number of nitrogens with zero attached hydrogens (tertiary/aromatic N) is 1. The third kappa shape index (κ3) is 11.1. The summed E-state index contributed by atoms with van der Waals surface area (Å²) in [6.45, 7) is -0.261. The van der Waals surface area contributed by atoms with E-state index in [-0.39, 0.29) is 43.7 Å². The summed E-state index contributed by atoms with van der Waals surface area (Å²) in [6, 6.07) is -1.22. The van der Waals surface area contributed by atoms with E-state index in [0.29, 0.717) is 0 Å². The van der Waals surface area contributed by atoms with E-state index < -0.39 is 18.2 Å². The third-order valence-electron chi connectivity index (χ3n) is 1.30. The van der Waals surface area contributed by atoms with Gasteiger partial charge < -0.3 is 22.3 Å². The van der Waals surface area contributed by atoms with Crippen LogP contribution in [0.4, 0.5) is 4.39 Å². The largest absolute Gasteiger partial charge is 0.480 e. The summed E-state index contributed by atoms with van der Waals surface area (Å²) in [5, 5.41) is 8.33. The van der Waals surface area contributed by atoms with Gasteiger partial charge in [0.15, 0.2) is 5.96 Å². The highest BCUT2D eigenvalue weighted by Crippen LogP contribution is 2.01. The van der Waals surface area contributed by atoms with Crippen LogP contribution in [-0.2, 0) is 4.79 Å². The highest BCUT2D eigenvalue weighted by molar-refractivity contribution is 5.85. The summed E-state index contributed by atoms with van der Waals surface area (Å²) in [5.41, 5.74) is 15.0. The Bertz CT molecular complexity index is 213. The molecule has 0 aromatic rings. The summed E-state index contributed by atoms with van der Waals surface area (Å²) < 4.78 is 12.8. The molecule has 2 atom stereocenters. The number of guanidine groups is 1. The minimum atomic E-state index is -1.44. The molecule has 7 N–H and O–H groups in total. The Morgan fingerprint density at radius 1 is 1.40 bits per heavy atom. The molecule has 0 rings (SSSR count). The van der Waals surface area contributed by atoms with Gasteiger partial charge >= 0.3 is 5.97 Å². The normalized spacial score (nSPS) is 12.7. The monoisotopic (exact) mass is 264 g/mol. The van der Waals surface area contributed by atoms with Crippen LogP contribution in [0, 0.1) is 0 Å². The lowest BCUT2D eigenvalue weighted by Crippen LogP contribution is -2.34. The lowest BCUT2D eigenvalue weighted by atomic mass is 10.1. The van der Waals surface area contributed by atoms with E-state index in [0.717, 1.165) is 0 Å². The molecule has 0 aliphatic carbocycles. The number of hydrogen-bond acceptors (Lipinski definition) is 3. The van der Waals surface area contributed by atoms with Crippen molar-refractivity contribution in [3.8, 4) is 0 Å². The van der Waals surface area contributed by atoms with Crippen LogP contribution < -0.4 is 17.2 Å². The van der Waals surface area contributed by atoms with E-state index in [4.69, 9.17) is 22.3 Å². The van der Waals surface area contributed by atoms with Crippen molar-refractivity contribution in [1.82, 2.24) is 0 Å². The first-order chi connectivity index (χ1) is 5.93. The number of nitrogens with two attached hydrogens (primary N) is 3. The van der Waals surface area contributed by atoms with Gasteiger partial charge in [0.1, 0.15) is 12.2 Å². The zero-order valence-corrected chi connectivity index (χ0v) is 9.43. The van der Waals surface area contributed by atoms with Gasteiger partial charge in [0.25, 0.3) is 0 Å². The Kier molecular flexibility index (Phi) is 12.8. The molecule has 0 spiro atoms. The zero-order chi connectivity index (χ0) is 10.4.